The summed E-state index contributed by atoms with van der Waals surface area (Å²) < 4.78 is 0. The van der Waals surface area contributed by atoms with Crippen molar-refractivity contribution in [3.63, 3.8) is 0 Å². The Morgan fingerprint density at radius 1 is 1.40 bits per heavy atom. The number of nitrogens with one attached hydrogen (secondary N) is 2. The smallest absolute Gasteiger partial charge is 0.249 e. The van der Waals surface area contributed by atoms with Gasteiger partial charge in [0.2, 0.25) is 17.7 Å². The number of primary amides is 1. The number of hydrogen-bond acceptors (Lipinski definition) is 3. The van der Waals surface area contributed by atoms with Gasteiger partial charge in [-0.05, 0) is 31.0 Å². The van der Waals surface area contributed by atoms with Crippen molar-refractivity contribution in [2.24, 2.45) is 11.7 Å². The minimum absolute atomic E-state index is 0.0269. The highest BCUT2D eigenvalue weighted by Crippen LogP contribution is 2.20. The zero-order valence-electron chi connectivity index (χ0n) is 11.2. The van der Waals surface area contributed by atoms with Gasteiger partial charge in [-0.25, -0.2) is 0 Å². The Morgan fingerprint density at radius 2 is 2.15 bits per heavy atom. The molecule has 1 aliphatic rings. The predicted octanol–water partition coefficient (Wildman–Crippen LogP) is 0.559. The van der Waals surface area contributed by atoms with Crippen LogP contribution in [-0.2, 0) is 9.59 Å². The molecule has 0 aromatic heterocycles. The van der Waals surface area contributed by atoms with Crippen molar-refractivity contribution >= 4 is 23.4 Å². The molecule has 0 saturated carbocycles. The molecule has 20 heavy (non-hydrogen) atoms. The van der Waals surface area contributed by atoms with Gasteiger partial charge in [0.15, 0.2) is 0 Å². The summed E-state index contributed by atoms with van der Waals surface area (Å²) in [6, 6.07) is 5.01. The number of nitrogens with two attached hydrogens (primary N) is 1. The van der Waals surface area contributed by atoms with E-state index < -0.39 is 5.91 Å². The quantitative estimate of drug-likeness (QED) is 0.751. The fraction of sp³-hybridized carbons (Fsp3) is 0.357. The summed E-state index contributed by atoms with van der Waals surface area (Å²) in [5, 5.41) is 5.46. The van der Waals surface area contributed by atoms with E-state index in [0.717, 1.165) is 0 Å². The molecule has 1 saturated heterocycles. The van der Waals surface area contributed by atoms with Gasteiger partial charge in [-0.2, -0.15) is 0 Å². The Kier molecular flexibility index (Phi) is 4.02. The molecule has 1 aromatic rings. The third-order valence-electron chi connectivity index (χ3n) is 3.49. The average Bonchev–Trinajstić information content (AvgIpc) is 2.41. The first-order valence-corrected chi connectivity index (χ1v) is 6.46. The van der Waals surface area contributed by atoms with Crippen molar-refractivity contribution in [2.75, 3.05) is 11.9 Å². The van der Waals surface area contributed by atoms with Gasteiger partial charge in [0.05, 0.1) is 5.92 Å². The van der Waals surface area contributed by atoms with Crippen molar-refractivity contribution in [1.82, 2.24) is 5.32 Å². The molecule has 0 aliphatic carbocycles. The lowest BCUT2D eigenvalue weighted by Gasteiger charge is -2.22. The topological polar surface area (TPSA) is 101 Å². The zero-order valence-corrected chi connectivity index (χ0v) is 11.2. The summed E-state index contributed by atoms with van der Waals surface area (Å²) in [7, 11) is 0. The molecule has 6 nitrogen and oxygen atoms in total. The summed E-state index contributed by atoms with van der Waals surface area (Å²) in [5.41, 5.74) is 6.88. The highest BCUT2D eigenvalue weighted by molar-refractivity contribution is 5.99. The van der Waals surface area contributed by atoms with E-state index in [4.69, 9.17) is 5.73 Å². The van der Waals surface area contributed by atoms with E-state index in [1.54, 1.807) is 25.1 Å². The molecule has 1 atom stereocenters. The summed E-state index contributed by atoms with van der Waals surface area (Å²) >= 11 is 0. The maximum absolute atomic E-state index is 12.1. The molecule has 106 valence electrons. The number of piperidine rings is 1. The minimum atomic E-state index is -0.525. The van der Waals surface area contributed by atoms with Gasteiger partial charge in [0, 0.05) is 24.2 Å². The lowest BCUT2D eigenvalue weighted by atomic mass is 9.98. The SMILES string of the molecule is Cc1c(NC(=O)C2CCC(=O)NC2)cccc1C(N)=O. The summed E-state index contributed by atoms with van der Waals surface area (Å²) in [4.78, 5) is 34.5. The van der Waals surface area contributed by atoms with Crippen LogP contribution in [0, 0.1) is 12.8 Å². The van der Waals surface area contributed by atoms with Crippen molar-refractivity contribution in [3.05, 3.63) is 29.3 Å². The molecule has 0 bridgehead atoms. The summed E-state index contributed by atoms with van der Waals surface area (Å²) in [5.74, 6) is -0.955. The van der Waals surface area contributed by atoms with E-state index in [2.05, 4.69) is 10.6 Å². The van der Waals surface area contributed by atoms with E-state index in [-0.39, 0.29) is 17.7 Å². The van der Waals surface area contributed by atoms with Gasteiger partial charge in [-0.3, -0.25) is 14.4 Å². The maximum Gasteiger partial charge on any atom is 0.249 e. The molecule has 0 radical (unpaired) electrons. The van der Waals surface area contributed by atoms with Crippen LogP contribution >= 0.6 is 0 Å². The second-order valence-electron chi connectivity index (χ2n) is 4.87. The molecule has 1 unspecified atom stereocenters. The fourth-order valence-electron chi connectivity index (χ4n) is 2.23. The van der Waals surface area contributed by atoms with Crippen LogP contribution in [-0.4, -0.2) is 24.3 Å². The van der Waals surface area contributed by atoms with Crippen molar-refractivity contribution in [1.29, 1.82) is 0 Å². The number of anilines is 1. The Morgan fingerprint density at radius 3 is 2.75 bits per heavy atom. The van der Waals surface area contributed by atoms with Crippen LogP contribution in [0.5, 0.6) is 0 Å². The van der Waals surface area contributed by atoms with Crippen molar-refractivity contribution in [2.45, 2.75) is 19.8 Å². The molecule has 1 heterocycles. The molecule has 4 N–H and O–H groups in total. The Labute approximate surface area is 116 Å². The standard InChI is InChI=1S/C14H17N3O3/c1-8-10(13(15)19)3-2-4-11(8)17-14(20)9-5-6-12(18)16-7-9/h2-4,9H,5-7H2,1H3,(H2,15,19)(H,16,18)(H,17,20). The van der Waals surface area contributed by atoms with Crippen LogP contribution in [0.3, 0.4) is 0 Å². The maximum atomic E-state index is 12.1. The van der Waals surface area contributed by atoms with Crippen LogP contribution in [0.1, 0.15) is 28.8 Å². The first-order valence-electron chi connectivity index (χ1n) is 6.46. The molecular formula is C14H17N3O3. The van der Waals surface area contributed by atoms with Crippen LogP contribution in [0.2, 0.25) is 0 Å². The van der Waals surface area contributed by atoms with Crippen molar-refractivity contribution < 1.29 is 14.4 Å². The Hall–Kier alpha value is -2.37. The number of rotatable bonds is 3. The van der Waals surface area contributed by atoms with Crippen LogP contribution in [0.15, 0.2) is 18.2 Å². The number of hydrogen-bond donors (Lipinski definition) is 3. The van der Waals surface area contributed by atoms with Crippen molar-refractivity contribution in [3.8, 4) is 0 Å². The van der Waals surface area contributed by atoms with Gasteiger partial charge in [-0.15, -0.1) is 0 Å². The third kappa shape index (κ3) is 2.96. The van der Waals surface area contributed by atoms with E-state index in [1.807, 2.05) is 0 Å². The zero-order chi connectivity index (χ0) is 14.7. The summed E-state index contributed by atoms with van der Waals surface area (Å²) in [6.45, 7) is 2.08. The number of carbonyl (C=O) groups excluding carboxylic acids is 3. The lowest BCUT2D eigenvalue weighted by molar-refractivity contribution is -0.126. The molecule has 1 fully saturated rings. The fourth-order valence-corrected chi connectivity index (χ4v) is 2.23. The minimum Gasteiger partial charge on any atom is -0.366 e. The van der Waals surface area contributed by atoms with Gasteiger partial charge < -0.3 is 16.4 Å². The van der Waals surface area contributed by atoms with E-state index in [9.17, 15) is 14.4 Å². The van der Waals surface area contributed by atoms with E-state index in [0.29, 0.717) is 36.2 Å². The third-order valence-corrected chi connectivity index (χ3v) is 3.49. The molecular weight excluding hydrogens is 258 g/mol. The second kappa shape index (κ2) is 5.73. The Bertz CT molecular complexity index is 559. The normalized spacial score (nSPS) is 18.2. The number of carbonyl (C=O) groups is 3. The van der Waals surface area contributed by atoms with Crippen LogP contribution in [0.25, 0.3) is 0 Å². The van der Waals surface area contributed by atoms with Gasteiger partial charge >= 0.3 is 0 Å². The predicted molar refractivity (Wildman–Crippen MR) is 74.1 cm³/mol. The highest BCUT2D eigenvalue weighted by atomic mass is 16.2. The largest absolute Gasteiger partial charge is 0.366 e. The molecule has 2 rings (SSSR count). The van der Waals surface area contributed by atoms with Gasteiger partial charge in [-0.1, -0.05) is 6.07 Å². The van der Waals surface area contributed by atoms with Gasteiger partial charge in [0.1, 0.15) is 0 Å². The lowest BCUT2D eigenvalue weighted by Crippen LogP contribution is -2.40. The first-order chi connectivity index (χ1) is 9.49. The highest BCUT2D eigenvalue weighted by Gasteiger charge is 2.25. The summed E-state index contributed by atoms with van der Waals surface area (Å²) in [6.07, 6.45) is 0.893. The van der Waals surface area contributed by atoms with Crippen LogP contribution < -0.4 is 16.4 Å². The average molecular weight is 275 g/mol. The molecule has 1 aliphatic heterocycles. The molecule has 6 heteroatoms. The molecule has 3 amide bonds. The number of benzene rings is 1. The monoisotopic (exact) mass is 275 g/mol. The molecule has 1 aromatic carbocycles. The Balaban J connectivity index is 2.10. The van der Waals surface area contributed by atoms with E-state index in [1.165, 1.54) is 0 Å². The number of amides is 3. The second-order valence-corrected chi connectivity index (χ2v) is 4.87. The molecule has 0 spiro atoms. The first kappa shape index (κ1) is 14.0. The van der Waals surface area contributed by atoms with Gasteiger partial charge in [0.25, 0.3) is 0 Å². The van der Waals surface area contributed by atoms with E-state index >= 15 is 0 Å². The van der Waals surface area contributed by atoms with Crippen LogP contribution in [0.4, 0.5) is 5.69 Å².